The molecule has 2 amide bonds. The molecule has 2 aliphatic heterocycles. The molecule has 180 valence electrons. The van der Waals surface area contributed by atoms with Crippen LogP contribution in [0.1, 0.15) is 19.3 Å². The monoisotopic (exact) mass is 493 g/mol. The van der Waals surface area contributed by atoms with Crippen molar-refractivity contribution in [3.8, 4) is 5.75 Å². The Bertz CT molecular complexity index is 1040. The summed E-state index contributed by atoms with van der Waals surface area (Å²) in [5.74, 6) is -1.06. The standard InChI is InChI=1S/C23H22F3N3O4S/c24-14-3-5-15(6-4-14)27-20(30)12-19-21(31)29(13-18-2-1-11-32-18)23(34-19)28-16-7-9-17(10-8-16)33-22(25)26/h3-10,18-19,22H,1-2,11-13H2,(H,27,30). The van der Waals surface area contributed by atoms with Crippen molar-refractivity contribution in [2.45, 2.75) is 37.2 Å². The minimum atomic E-state index is -2.93. The second kappa shape index (κ2) is 10.9. The molecule has 0 aromatic heterocycles. The molecule has 2 aliphatic rings. The van der Waals surface area contributed by atoms with Crippen LogP contribution in [0.15, 0.2) is 53.5 Å². The van der Waals surface area contributed by atoms with Gasteiger partial charge in [0, 0.05) is 18.7 Å². The topological polar surface area (TPSA) is 80.2 Å². The van der Waals surface area contributed by atoms with Crippen LogP contribution in [0.5, 0.6) is 5.75 Å². The Kier molecular flexibility index (Phi) is 7.73. The molecule has 0 radical (unpaired) electrons. The lowest BCUT2D eigenvalue weighted by atomic mass is 10.2. The number of amidine groups is 1. The Labute approximate surface area is 198 Å². The fraction of sp³-hybridized carbons (Fsp3) is 0.348. The average molecular weight is 494 g/mol. The highest BCUT2D eigenvalue weighted by atomic mass is 32.2. The summed E-state index contributed by atoms with van der Waals surface area (Å²) in [5.41, 5.74) is 0.878. The number of aliphatic imine (C=N–C) groups is 1. The molecule has 2 heterocycles. The van der Waals surface area contributed by atoms with Crippen LogP contribution < -0.4 is 10.1 Å². The van der Waals surface area contributed by atoms with Gasteiger partial charge in [0.05, 0.1) is 18.3 Å². The third-order valence-corrected chi connectivity index (χ3v) is 6.39. The Hall–Kier alpha value is -3.05. The van der Waals surface area contributed by atoms with Gasteiger partial charge >= 0.3 is 6.61 Å². The van der Waals surface area contributed by atoms with Crippen LogP contribution in [-0.4, -0.2) is 53.0 Å². The van der Waals surface area contributed by atoms with Crippen molar-refractivity contribution in [1.82, 2.24) is 4.90 Å². The van der Waals surface area contributed by atoms with Crippen LogP contribution >= 0.6 is 11.8 Å². The summed E-state index contributed by atoms with van der Waals surface area (Å²) in [7, 11) is 0. The van der Waals surface area contributed by atoms with Gasteiger partial charge < -0.3 is 14.8 Å². The number of amides is 2. The molecule has 2 atom stereocenters. The van der Waals surface area contributed by atoms with Crippen molar-refractivity contribution < 1.29 is 32.2 Å². The second-order valence-corrected chi connectivity index (χ2v) is 8.89. The zero-order valence-corrected chi connectivity index (χ0v) is 18.8. The third kappa shape index (κ3) is 6.29. The fourth-order valence-corrected chi connectivity index (χ4v) is 4.78. The van der Waals surface area contributed by atoms with Gasteiger partial charge in [-0.25, -0.2) is 9.38 Å². The van der Waals surface area contributed by atoms with E-state index in [9.17, 15) is 22.8 Å². The zero-order chi connectivity index (χ0) is 24.1. The number of rotatable bonds is 8. The highest BCUT2D eigenvalue weighted by Crippen LogP contribution is 2.33. The van der Waals surface area contributed by atoms with Gasteiger partial charge in [0.25, 0.3) is 0 Å². The van der Waals surface area contributed by atoms with Gasteiger partial charge in [0.1, 0.15) is 16.8 Å². The molecule has 1 N–H and O–H groups in total. The van der Waals surface area contributed by atoms with Gasteiger partial charge in [0.15, 0.2) is 5.17 Å². The maximum absolute atomic E-state index is 13.1. The fourth-order valence-electron chi connectivity index (χ4n) is 3.61. The van der Waals surface area contributed by atoms with E-state index in [-0.39, 0.29) is 30.1 Å². The van der Waals surface area contributed by atoms with Crippen LogP contribution in [0.3, 0.4) is 0 Å². The van der Waals surface area contributed by atoms with Crippen molar-refractivity contribution in [2.24, 2.45) is 4.99 Å². The lowest BCUT2D eigenvalue weighted by Gasteiger charge is -2.20. The maximum Gasteiger partial charge on any atom is 0.387 e. The molecule has 2 aromatic carbocycles. The van der Waals surface area contributed by atoms with Crippen LogP contribution in [0.25, 0.3) is 0 Å². The lowest BCUT2D eigenvalue weighted by molar-refractivity contribution is -0.129. The molecule has 34 heavy (non-hydrogen) atoms. The highest BCUT2D eigenvalue weighted by Gasteiger charge is 2.40. The van der Waals surface area contributed by atoms with Gasteiger partial charge in [-0.3, -0.25) is 14.5 Å². The van der Waals surface area contributed by atoms with Crippen molar-refractivity contribution in [3.63, 3.8) is 0 Å². The Morgan fingerprint density at radius 3 is 2.59 bits per heavy atom. The van der Waals surface area contributed by atoms with E-state index < -0.39 is 17.7 Å². The highest BCUT2D eigenvalue weighted by molar-refractivity contribution is 8.15. The molecule has 0 aliphatic carbocycles. The lowest BCUT2D eigenvalue weighted by Crippen LogP contribution is -2.38. The summed E-state index contributed by atoms with van der Waals surface area (Å²) in [4.78, 5) is 31.7. The molecule has 4 rings (SSSR count). The van der Waals surface area contributed by atoms with Gasteiger partial charge in [-0.2, -0.15) is 8.78 Å². The molecule has 11 heteroatoms. The molecule has 2 unspecified atom stereocenters. The number of nitrogens with one attached hydrogen (secondary N) is 1. The molecular weight excluding hydrogens is 471 g/mol. The number of hydrogen-bond acceptors (Lipinski definition) is 6. The summed E-state index contributed by atoms with van der Waals surface area (Å²) in [6.07, 6.45) is 1.50. The summed E-state index contributed by atoms with van der Waals surface area (Å²) < 4.78 is 47.9. The molecule has 2 aromatic rings. The van der Waals surface area contributed by atoms with Crippen LogP contribution in [-0.2, 0) is 14.3 Å². The maximum atomic E-state index is 13.1. The van der Waals surface area contributed by atoms with E-state index in [0.717, 1.165) is 24.6 Å². The van der Waals surface area contributed by atoms with Crippen molar-refractivity contribution >= 4 is 40.1 Å². The van der Waals surface area contributed by atoms with Crippen molar-refractivity contribution in [3.05, 3.63) is 54.3 Å². The van der Waals surface area contributed by atoms with Crippen LogP contribution in [0, 0.1) is 5.82 Å². The number of carbonyl (C=O) groups excluding carboxylic acids is 2. The summed E-state index contributed by atoms with van der Waals surface area (Å²) >= 11 is 1.16. The Morgan fingerprint density at radius 1 is 1.21 bits per heavy atom. The smallest absolute Gasteiger partial charge is 0.387 e. The van der Waals surface area contributed by atoms with E-state index in [0.29, 0.717) is 29.7 Å². The summed E-state index contributed by atoms with van der Waals surface area (Å²) in [5, 5.41) is 2.37. The number of anilines is 1. The average Bonchev–Trinajstić information content (AvgIpc) is 3.41. The van der Waals surface area contributed by atoms with Crippen LogP contribution in [0.2, 0.25) is 0 Å². The predicted octanol–water partition coefficient (Wildman–Crippen LogP) is 4.57. The van der Waals surface area contributed by atoms with Gasteiger partial charge in [-0.05, 0) is 61.4 Å². The molecule has 2 saturated heterocycles. The molecule has 0 bridgehead atoms. The first-order valence-electron chi connectivity index (χ1n) is 10.7. The number of halogens is 3. The first-order chi connectivity index (χ1) is 16.4. The number of thioether (sulfide) groups is 1. The molecular formula is C23H22F3N3O4S. The number of nitrogens with zero attached hydrogens (tertiary/aromatic N) is 2. The number of alkyl halides is 2. The first kappa shape index (κ1) is 24.1. The molecule has 2 fully saturated rings. The predicted molar refractivity (Wildman–Crippen MR) is 122 cm³/mol. The van der Waals surface area contributed by atoms with Crippen molar-refractivity contribution in [1.29, 1.82) is 0 Å². The Balaban J connectivity index is 1.48. The second-order valence-electron chi connectivity index (χ2n) is 7.72. The zero-order valence-electron chi connectivity index (χ0n) is 18.0. The number of benzene rings is 2. The van der Waals surface area contributed by atoms with Gasteiger partial charge in [0.2, 0.25) is 11.8 Å². The summed E-state index contributed by atoms with van der Waals surface area (Å²) in [6, 6.07) is 11.1. The van der Waals surface area contributed by atoms with E-state index >= 15 is 0 Å². The quantitative estimate of drug-likeness (QED) is 0.583. The largest absolute Gasteiger partial charge is 0.435 e. The van der Waals surface area contributed by atoms with Crippen molar-refractivity contribution in [2.75, 3.05) is 18.5 Å². The minimum Gasteiger partial charge on any atom is -0.435 e. The first-order valence-corrected chi connectivity index (χ1v) is 11.5. The van der Waals surface area contributed by atoms with Crippen LogP contribution in [0.4, 0.5) is 24.5 Å². The minimum absolute atomic E-state index is 0.000606. The third-order valence-electron chi connectivity index (χ3n) is 5.22. The summed E-state index contributed by atoms with van der Waals surface area (Å²) in [6.45, 7) is -1.99. The van der Waals surface area contributed by atoms with Gasteiger partial charge in [-0.1, -0.05) is 11.8 Å². The molecule has 0 spiro atoms. The van der Waals surface area contributed by atoms with Gasteiger partial charge in [-0.15, -0.1) is 0 Å². The number of hydrogen-bond donors (Lipinski definition) is 1. The van der Waals surface area contributed by atoms with E-state index in [1.54, 1.807) is 0 Å². The van der Waals surface area contributed by atoms with E-state index in [4.69, 9.17) is 4.74 Å². The Morgan fingerprint density at radius 2 is 1.94 bits per heavy atom. The van der Waals surface area contributed by atoms with E-state index in [1.807, 2.05) is 0 Å². The van der Waals surface area contributed by atoms with E-state index in [1.165, 1.54) is 53.4 Å². The molecule has 0 saturated carbocycles. The SMILES string of the molecule is O=C(CC1SC(=Nc2ccc(OC(F)F)cc2)N(CC2CCCO2)C1=O)Nc1ccc(F)cc1. The number of carbonyl (C=O) groups is 2. The van der Waals surface area contributed by atoms with E-state index in [2.05, 4.69) is 15.0 Å². The normalized spacial score (nSPS) is 21.5. The number of ether oxygens (including phenoxy) is 2. The molecule has 7 nitrogen and oxygen atoms in total.